The molecule has 1 aliphatic rings. The molecule has 0 atom stereocenters. The Balaban J connectivity index is 2.04. The molecule has 1 saturated carbocycles. The molecule has 1 aliphatic carbocycles. The van der Waals surface area contributed by atoms with Crippen molar-refractivity contribution in [2.75, 3.05) is 0 Å². The number of benzene rings is 1. The number of carbonyl (C=O) groups excluding carboxylic acids is 1. The van der Waals surface area contributed by atoms with E-state index in [1.165, 1.54) is 0 Å². The Bertz CT molecular complexity index is 330. The van der Waals surface area contributed by atoms with Gasteiger partial charge in [0, 0.05) is 5.56 Å². The van der Waals surface area contributed by atoms with Crippen LogP contribution >= 0.6 is 0 Å². The molecule has 0 aromatic heterocycles. The minimum atomic E-state index is -0.289. The maximum atomic E-state index is 11.1. The first-order valence-corrected chi connectivity index (χ1v) is 4.57. The third-order valence-electron chi connectivity index (χ3n) is 2.07. The smallest absolute Gasteiger partial charge is 0.265 e. The molecule has 2 rings (SSSR count). The van der Waals surface area contributed by atoms with Gasteiger partial charge in [0.25, 0.3) is 5.91 Å². The van der Waals surface area contributed by atoms with E-state index in [4.69, 9.17) is 10.6 Å². The summed E-state index contributed by atoms with van der Waals surface area (Å²) in [6, 6.07) is 6.95. The highest BCUT2D eigenvalue weighted by Crippen LogP contribution is 2.26. The number of nitrogens with one attached hydrogen (secondary N) is 1. The second-order valence-corrected chi connectivity index (χ2v) is 3.32. The molecule has 4 heteroatoms. The van der Waals surface area contributed by atoms with Gasteiger partial charge in [-0.15, -0.1) is 0 Å². The van der Waals surface area contributed by atoms with Crippen LogP contribution < -0.4 is 16.0 Å². The van der Waals surface area contributed by atoms with Crippen molar-refractivity contribution in [3.05, 3.63) is 29.8 Å². The number of amides is 1. The normalized spacial score (nSPS) is 14.9. The van der Waals surface area contributed by atoms with Gasteiger partial charge in [0.2, 0.25) is 0 Å². The predicted molar refractivity (Wildman–Crippen MR) is 51.7 cm³/mol. The molecule has 1 aromatic carbocycles. The van der Waals surface area contributed by atoms with E-state index < -0.39 is 0 Å². The molecule has 74 valence electrons. The van der Waals surface area contributed by atoms with Crippen LogP contribution in [0.1, 0.15) is 23.2 Å². The second kappa shape index (κ2) is 3.67. The Hall–Kier alpha value is -1.55. The van der Waals surface area contributed by atoms with Crippen molar-refractivity contribution >= 4 is 5.91 Å². The number of hydrogen-bond acceptors (Lipinski definition) is 3. The van der Waals surface area contributed by atoms with Crippen molar-refractivity contribution in [1.82, 2.24) is 5.43 Å². The van der Waals surface area contributed by atoms with Crippen molar-refractivity contribution in [2.45, 2.75) is 18.9 Å². The Kier molecular flexibility index (Phi) is 2.37. The molecule has 1 fully saturated rings. The molecule has 0 spiro atoms. The van der Waals surface area contributed by atoms with Gasteiger partial charge in [0.1, 0.15) is 5.75 Å². The summed E-state index contributed by atoms with van der Waals surface area (Å²) in [7, 11) is 0. The highest BCUT2D eigenvalue weighted by atomic mass is 16.5. The van der Waals surface area contributed by atoms with Gasteiger partial charge in [-0.1, -0.05) is 0 Å². The van der Waals surface area contributed by atoms with E-state index in [2.05, 4.69) is 5.43 Å². The molecule has 0 heterocycles. The summed E-state index contributed by atoms with van der Waals surface area (Å²) in [5.41, 5.74) is 2.61. The van der Waals surface area contributed by atoms with Crippen LogP contribution in [0.5, 0.6) is 5.75 Å². The van der Waals surface area contributed by atoms with Crippen LogP contribution in [0.25, 0.3) is 0 Å². The van der Waals surface area contributed by atoms with E-state index in [1.54, 1.807) is 24.3 Å². The highest BCUT2D eigenvalue weighted by molar-refractivity contribution is 5.93. The molecule has 0 radical (unpaired) electrons. The fourth-order valence-corrected chi connectivity index (χ4v) is 1.15. The molecule has 0 saturated heterocycles. The standard InChI is InChI=1S/C10H12N2O2/c11-12-10(13)7-1-3-8(4-2-7)14-9-5-6-9/h1-4,9H,5-6,11H2,(H,12,13). The molecular weight excluding hydrogens is 180 g/mol. The lowest BCUT2D eigenvalue weighted by Crippen LogP contribution is -2.29. The van der Waals surface area contributed by atoms with Crippen LogP contribution in [0.3, 0.4) is 0 Å². The zero-order valence-corrected chi connectivity index (χ0v) is 7.69. The summed E-state index contributed by atoms with van der Waals surface area (Å²) in [6.07, 6.45) is 2.64. The van der Waals surface area contributed by atoms with E-state index in [9.17, 15) is 4.79 Å². The number of hydrogen-bond donors (Lipinski definition) is 2. The van der Waals surface area contributed by atoms with Gasteiger partial charge in [0.15, 0.2) is 0 Å². The van der Waals surface area contributed by atoms with Gasteiger partial charge in [-0.25, -0.2) is 5.84 Å². The number of rotatable bonds is 3. The Labute approximate surface area is 82.0 Å². The number of ether oxygens (including phenoxy) is 1. The lowest BCUT2D eigenvalue weighted by atomic mass is 10.2. The maximum Gasteiger partial charge on any atom is 0.265 e. The summed E-state index contributed by atoms with van der Waals surface area (Å²) in [5.74, 6) is 5.52. The fraction of sp³-hybridized carbons (Fsp3) is 0.300. The monoisotopic (exact) mass is 192 g/mol. The van der Waals surface area contributed by atoms with Gasteiger partial charge < -0.3 is 4.74 Å². The van der Waals surface area contributed by atoms with E-state index >= 15 is 0 Å². The largest absolute Gasteiger partial charge is 0.490 e. The molecule has 4 nitrogen and oxygen atoms in total. The van der Waals surface area contributed by atoms with Crippen LogP contribution in [0.4, 0.5) is 0 Å². The molecule has 0 aliphatic heterocycles. The summed E-state index contributed by atoms with van der Waals surface area (Å²) < 4.78 is 5.53. The third-order valence-corrected chi connectivity index (χ3v) is 2.07. The quantitative estimate of drug-likeness (QED) is 0.423. The third kappa shape index (κ3) is 2.03. The average molecular weight is 192 g/mol. The summed E-state index contributed by atoms with van der Waals surface area (Å²) in [5, 5.41) is 0. The number of carbonyl (C=O) groups is 1. The number of nitrogen functional groups attached to an aromatic ring is 1. The van der Waals surface area contributed by atoms with Crippen LogP contribution in [0, 0.1) is 0 Å². The van der Waals surface area contributed by atoms with E-state index in [0.717, 1.165) is 18.6 Å². The van der Waals surface area contributed by atoms with Crippen LogP contribution in [0.2, 0.25) is 0 Å². The average Bonchev–Trinajstić information content (AvgIpc) is 3.02. The molecule has 14 heavy (non-hydrogen) atoms. The summed E-state index contributed by atoms with van der Waals surface area (Å²) in [6.45, 7) is 0. The van der Waals surface area contributed by atoms with Crippen molar-refractivity contribution in [1.29, 1.82) is 0 Å². The fourth-order valence-electron chi connectivity index (χ4n) is 1.15. The first-order chi connectivity index (χ1) is 6.79. The minimum absolute atomic E-state index is 0.289. The van der Waals surface area contributed by atoms with Gasteiger partial charge in [-0.05, 0) is 37.1 Å². The van der Waals surface area contributed by atoms with Crippen LogP contribution in [0.15, 0.2) is 24.3 Å². The van der Waals surface area contributed by atoms with E-state index in [0.29, 0.717) is 11.7 Å². The lowest BCUT2D eigenvalue weighted by Gasteiger charge is -2.04. The molecule has 3 N–H and O–H groups in total. The highest BCUT2D eigenvalue weighted by Gasteiger charge is 2.23. The first-order valence-electron chi connectivity index (χ1n) is 4.57. The van der Waals surface area contributed by atoms with Crippen molar-refractivity contribution in [3.8, 4) is 5.75 Å². The first kappa shape index (κ1) is 9.02. The van der Waals surface area contributed by atoms with E-state index in [1.807, 2.05) is 0 Å². The zero-order valence-electron chi connectivity index (χ0n) is 7.69. The SMILES string of the molecule is NNC(=O)c1ccc(OC2CC2)cc1. The van der Waals surface area contributed by atoms with Crippen molar-refractivity contribution in [3.63, 3.8) is 0 Å². The van der Waals surface area contributed by atoms with Gasteiger partial charge in [-0.3, -0.25) is 10.2 Å². The van der Waals surface area contributed by atoms with Crippen molar-refractivity contribution < 1.29 is 9.53 Å². The number of nitrogens with two attached hydrogens (primary N) is 1. The molecule has 0 unspecified atom stereocenters. The van der Waals surface area contributed by atoms with Crippen molar-refractivity contribution in [2.24, 2.45) is 5.84 Å². The van der Waals surface area contributed by atoms with E-state index in [-0.39, 0.29) is 5.91 Å². The maximum absolute atomic E-state index is 11.1. The van der Waals surface area contributed by atoms with Crippen LogP contribution in [-0.4, -0.2) is 12.0 Å². The Morgan fingerprint density at radius 3 is 2.50 bits per heavy atom. The Morgan fingerprint density at radius 2 is 2.00 bits per heavy atom. The minimum Gasteiger partial charge on any atom is -0.490 e. The Morgan fingerprint density at radius 1 is 1.36 bits per heavy atom. The van der Waals surface area contributed by atoms with Crippen LogP contribution in [-0.2, 0) is 0 Å². The molecule has 1 amide bonds. The topological polar surface area (TPSA) is 64.3 Å². The molecule has 1 aromatic rings. The predicted octanol–water partition coefficient (Wildman–Crippen LogP) is 0.831. The summed E-state index contributed by atoms with van der Waals surface area (Å²) in [4.78, 5) is 11.1. The second-order valence-electron chi connectivity index (χ2n) is 3.32. The van der Waals surface area contributed by atoms with Gasteiger partial charge in [0.05, 0.1) is 6.10 Å². The number of hydrazine groups is 1. The summed E-state index contributed by atoms with van der Waals surface area (Å²) >= 11 is 0. The zero-order chi connectivity index (χ0) is 9.97. The molecular formula is C10H12N2O2. The van der Waals surface area contributed by atoms with Gasteiger partial charge in [-0.2, -0.15) is 0 Å². The van der Waals surface area contributed by atoms with Gasteiger partial charge >= 0.3 is 0 Å². The lowest BCUT2D eigenvalue weighted by molar-refractivity contribution is 0.0953. The molecule has 0 bridgehead atoms.